The van der Waals surface area contributed by atoms with Crippen molar-refractivity contribution in [1.29, 1.82) is 0 Å². The van der Waals surface area contributed by atoms with Crippen molar-refractivity contribution in [3.05, 3.63) is 124 Å². The Labute approximate surface area is 256 Å². The molecule has 1 aliphatic rings. The van der Waals surface area contributed by atoms with E-state index in [1.165, 1.54) is 18.4 Å². The molecule has 1 aromatic heterocycles. The van der Waals surface area contributed by atoms with E-state index in [2.05, 4.69) is 0 Å². The minimum atomic E-state index is -0.650. The van der Waals surface area contributed by atoms with Crippen molar-refractivity contribution in [2.75, 3.05) is 13.7 Å². The highest BCUT2D eigenvalue weighted by Crippen LogP contribution is 2.32. The normalized spacial score (nSPS) is 14.8. The van der Waals surface area contributed by atoms with Crippen LogP contribution in [0.2, 0.25) is 10.0 Å². The van der Waals surface area contributed by atoms with Gasteiger partial charge in [0.25, 0.3) is 5.56 Å². The van der Waals surface area contributed by atoms with Gasteiger partial charge in [-0.25, -0.2) is 9.79 Å². The van der Waals surface area contributed by atoms with Crippen molar-refractivity contribution in [3.8, 4) is 11.5 Å². The van der Waals surface area contributed by atoms with Crippen LogP contribution in [0.1, 0.15) is 43.0 Å². The van der Waals surface area contributed by atoms with Crippen molar-refractivity contribution < 1.29 is 19.0 Å². The first-order chi connectivity index (χ1) is 20.3. The fraction of sp³-hybridized carbons (Fsp3) is 0.219. The van der Waals surface area contributed by atoms with Gasteiger partial charge in [0.15, 0.2) is 16.3 Å². The maximum atomic E-state index is 13.9. The molecule has 1 atom stereocenters. The lowest BCUT2D eigenvalue weighted by Crippen LogP contribution is -2.40. The first kappa shape index (κ1) is 29.6. The first-order valence-corrected chi connectivity index (χ1v) is 14.9. The number of nitrogens with zero attached hydrogens (tertiary/aromatic N) is 2. The average molecular weight is 624 g/mol. The molecule has 0 fully saturated rings. The van der Waals surface area contributed by atoms with Crippen LogP contribution in [0.4, 0.5) is 0 Å². The molecule has 0 radical (unpaired) electrons. The van der Waals surface area contributed by atoms with Gasteiger partial charge in [-0.1, -0.05) is 83.9 Å². The maximum absolute atomic E-state index is 13.9. The van der Waals surface area contributed by atoms with Crippen LogP contribution in [0.3, 0.4) is 0 Å². The average Bonchev–Trinajstić information content (AvgIpc) is 3.31. The Bertz CT molecular complexity index is 1850. The van der Waals surface area contributed by atoms with Crippen molar-refractivity contribution in [2.45, 2.75) is 32.9 Å². The number of hydrogen-bond acceptors (Lipinski definition) is 7. The molecule has 5 rings (SSSR count). The summed E-state index contributed by atoms with van der Waals surface area (Å²) in [5, 5.41) is 0.937. The summed E-state index contributed by atoms with van der Waals surface area (Å²) in [7, 11) is 1.34. The number of benzene rings is 3. The number of allylic oxidation sites excluding steroid dienone is 1. The molecule has 0 amide bonds. The summed E-state index contributed by atoms with van der Waals surface area (Å²) in [5.41, 5.74) is 3.14. The third-order valence-corrected chi connectivity index (χ3v) is 8.43. The molecular formula is C32H28Cl2N2O5S. The Kier molecular flexibility index (Phi) is 9.16. The molecule has 7 nitrogen and oxygen atoms in total. The summed E-state index contributed by atoms with van der Waals surface area (Å²) in [5.74, 6) is 0.597. The zero-order chi connectivity index (χ0) is 29.8. The van der Waals surface area contributed by atoms with E-state index in [1.807, 2.05) is 68.4 Å². The number of carbonyl (C=O) groups excluding carboxylic acids is 1. The number of esters is 1. The largest absolute Gasteiger partial charge is 0.490 e. The lowest BCUT2D eigenvalue weighted by atomic mass is 9.95. The fourth-order valence-corrected chi connectivity index (χ4v) is 6.10. The van der Waals surface area contributed by atoms with Crippen LogP contribution in [0.5, 0.6) is 11.5 Å². The molecule has 0 bridgehead atoms. The van der Waals surface area contributed by atoms with Crippen molar-refractivity contribution >= 4 is 46.6 Å². The zero-order valence-electron chi connectivity index (χ0n) is 23.2. The zero-order valence-corrected chi connectivity index (χ0v) is 25.6. The minimum Gasteiger partial charge on any atom is -0.490 e. The third-order valence-electron chi connectivity index (χ3n) is 6.71. The molecule has 42 heavy (non-hydrogen) atoms. The van der Waals surface area contributed by atoms with Crippen LogP contribution >= 0.6 is 34.5 Å². The Morgan fingerprint density at radius 1 is 1.00 bits per heavy atom. The van der Waals surface area contributed by atoms with Gasteiger partial charge in [0.05, 0.1) is 45.6 Å². The molecule has 0 unspecified atom stereocenters. The van der Waals surface area contributed by atoms with Gasteiger partial charge in [0.1, 0.15) is 6.61 Å². The number of aromatic nitrogens is 1. The highest BCUT2D eigenvalue weighted by Gasteiger charge is 2.33. The van der Waals surface area contributed by atoms with E-state index in [0.29, 0.717) is 55.2 Å². The van der Waals surface area contributed by atoms with Crippen LogP contribution in [-0.2, 0) is 16.1 Å². The monoisotopic (exact) mass is 622 g/mol. The number of fused-ring (bicyclic) bond motifs is 1. The van der Waals surface area contributed by atoms with Gasteiger partial charge in [-0.05, 0) is 60.4 Å². The number of hydrogen-bond donors (Lipinski definition) is 0. The van der Waals surface area contributed by atoms with Gasteiger partial charge < -0.3 is 14.2 Å². The summed E-state index contributed by atoms with van der Waals surface area (Å²) < 4.78 is 19.1. The van der Waals surface area contributed by atoms with Crippen molar-refractivity contribution in [1.82, 2.24) is 4.57 Å². The van der Waals surface area contributed by atoms with E-state index < -0.39 is 12.0 Å². The minimum absolute atomic E-state index is 0.248. The van der Waals surface area contributed by atoms with E-state index in [4.69, 9.17) is 42.4 Å². The number of ether oxygens (including phenoxy) is 3. The summed E-state index contributed by atoms with van der Waals surface area (Å²) >= 11 is 13.4. The molecule has 1 aliphatic heterocycles. The molecule has 3 aromatic carbocycles. The van der Waals surface area contributed by atoms with Crippen molar-refractivity contribution in [2.24, 2.45) is 4.99 Å². The van der Waals surface area contributed by atoms with E-state index in [-0.39, 0.29) is 12.2 Å². The Balaban J connectivity index is 1.55. The Hall–Kier alpha value is -3.85. The summed E-state index contributed by atoms with van der Waals surface area (Å²) in [6.07, 6.45) is 2.31. The predicted molar refractivity (Wildman–Crippen MR) is 165 cm³/mol. The molecule has 0 saturated heterocycles. The molecular weight excluding hydrogens is 595 g/mol. The second-order valence-corrected chi connectivity index (χ2v) is 11.2. The van der Waals surface area contributed by atoms with Gasteiger partial charge in [-0.3, -0.25) is 9.36 Å². The first-order valence-electron chi connectivity index (χ1n) is 13.4. The predicted octanol–water partition coefficient (Wildman–Crippen LogP) is 6.08. The van der Waals surface area contributed by atoms with Crippen LogP contribution < -0.4 is 24.4 Å². The molecule has 0 spiro atoms. The summed E-state index contributed by atoms with van der Waals surface area (Å²) in [6.45, 7) is 4.53. The number of carbonyl (C=O) groups is 1. The SMILES string of the molecule is CCOc1cc(/C=c2\sc3n(c2=O)[C@@H](c2ccccc2)C(C(=O)OC)=C(CC)N=3)ccc1OCc1ccc(Cl)c(Cl)c1. The van der Waals surface area contributed by atoms with Crippen LogP contribution in [0.15, 0.2) is 87.8 Å². The third kappa shape index (κ3) is 6.02. The van der Waals surface area contributed by atoms with Gasteiger partial charge in [0, 0.05) is 0 Å². The van der Waals surface area contributed by atoms with Gasteiger partial charge in [-0.2, -0.15) is 0 Å². The van der Waals surface area contributed by atoms with E-state index in [0.717, 1.165) is 16.7 Å². The van der Waals surface area contributed by atoms with E-state index >= 15 is 0 Å². The lowest BCUT2D eigenvalue weighted by Gasteiger charge is -2.25. The van der Waals surface area contributed by atoms with E-state index in [1.54, 1.807) is 22.8 Å². The molecule has 0 aliphatic carbocycles. The molecule has 0 N–H and O–H groups in total. The van der Waals surface area contributed by atoms with Crippen LogP contribution in [0, 0.1) is 0 Å². The van der Waals surface area contributed by atoms with Crippen LogP contribution in [-0.4, -0.2) is 24.3 Å². The number of rotatable bonds is 9. The lowest BCUT2D eigenvalue weighted by molar-refractivity contribution is -0.136. The molecule has 0 saturated carbocycles. The number of thiazole rings is 1. The number of methoxy groups -OCH3 is 1. The Morgan fingerprint density at radius 2 is 1.79 bits per heavy atom. The second-order valence-electron chi connectivity index (χ2n) is 9.38. The maximum Gasteiger partial charge on any atom is 0.338 e. The topological polar surface area (TPSA) is 79.1 Å². The molecule has 2 heterocycles. The highest BCUT2D eigenvalue weighted by molar-refractivity contribution is 7.07. The van der Waals surface area contributed by atoms with Gasteiger partial charge in [-0.15, -0.1) is 0 Å². The van der Waals surface area contributed by atoms with E-state index in [9.17, 15) is 9.59 Å². The smallest absolute Gasteiger partial charge is 0.338 e. The quantitative estimate of drug-likeness (QED) is 0.211. The highest BCUT2D eigenvalue weighted by atomic mass is 35.5. The Morgan fingerprint density at radius 3 is 2.48 bits per heavy atom. The molecule has 10 heteroatoms. The van der Waals surface area contributed by atoms with Gasteiger partial charge in [0.2, 0.25) is 0 Å². The standard InChI is InChI=1S/C32H28Cl2N2O5S/c1-4-24-28(31(38)39-3)29(21-9-7-6-8-10-21)36-30(37)27(42-32(36)35-24)17-19-12-14-25(26(16-19)40-5-2)41-18-20-11-13-22(33)23(34)15-20/h6-17,29H,4-5,18H2,1-3H3/b27-17-/t29-/m0/s1. The summed E-state index contributed by atoms with van der Waals surface area (Å²) in [4.78, 5) is 32.1. The molecule has 216 valence electrons. The summed E-state index contributed by atoms with van der Waals surface area (Å²) in [6, 6.07) is 19.6. The second kappa shape index (κ2) is 13.0. The molecule has 4 aromatic rings. The number of halogens is 2. The van der Waals surface area contributed by atoms with Gasteiger partial charge >= 0.3 is 5.97 Å². The van der Waals surface area contributed by atoms with Crippen molar-refractivity contribution in [3.63, 3.8) is 0 Å². The van der Waals surface area contributed by atoms with Crippen LogP contribution in [0.25, 0.3) is 6.08 Å². The fourth-order valence-electron chi connectivity index (χ4n) is 4.76.